The predicted octanol–water partition coefficient (Wildman–Crippen LogP) is 7.03. The third-order valence-corrected chi connectivity index (χ3v) is 10.0. The first-order valence-corrected chi connectivity index (χ1v) is 14.6. The third kappa shape index (κ3) is 3.64. The maximum atomic E-state index is 16.1. The van der Waals surface area contributed by atoms with Crippen LogP contribution in [-0.2, 0) is 16.9 Å². The number of carboxylic acid groups (broad SMARTS) is 1. The predicted molar refractivity (Wildman–Crippen MR) is 160 cm³/mol. The van der Waals surface area contributed by atoms with Gasteiger partial charge < -0.3 is 15.0 Å². The summed E-state index contributed by atoms with van der Waals surface area (Å²) in [5.74, 6) is -1.59. The van der Waals surface area contributed by atoms with Crippen molar-refractivity contribution < 1.29 is 19.1 Å². The summed E-state index contributed by atoms with van der Waals surface area (Å²) >= 11 is 12.7. The molecule has 2 fully saturated rings. The van der Waals surface area contributed by atoms with Gasteiger partial charge in [0.25, 0.3) is 0 Å². The molecule has 4 heterocycles. The van der Waals surface area contributed by atoms with Gasteiger partial charge in [0.2, 0.25) is 5.91 Å². The van der Waals surface area contributed by atoms with E-state index in [1.54, 1.807) is 42.5 Å². The van der Waals surface area contributed by atoms with Crippen molar-refractivity contribution in [1.29, 1.82) is 0 Å². The molecule has 4 aromatic rings. The molecule has 1 aromatic heterocycles. The van der Waals surface area contributed by atoms with E-state index in [9.17, 15) is 14.7 Å². The molecule has 3 aliphatic heterocycles. The largest absolute Gasteiger partial charge is 0.478 e. The molecule has 0 bridgehead atoms. The van der Waals surface area contributed by atoms with E-state index in [4.69, 9.17) is 28.2 Å². The van der Waals surface area contributed by atoms with Crippen LogP contribution in [0.25, 0.3) is 11.0 Å². The minimum atomic E-state index is -1.21. The lowest BCUT2D eigenvalue weighted by Gasteiger charge is -2.40. The molecule has 1 saturated carbocycles. The van der Waals surface area contributed by atoms with Crippen molar-refractivity contribution in [3.05, 3.63) is 93.0 Å². The summed E-state index contributed by atoms with van der Waals surface area (Å²) < 4.78 is 18.3. The molecule has 7 nitrogen and oxygen atoms in total. The summed E-state index contributed by atoms with van der Waals surface area (Å²) in [6.45, 7) is 1.36. The monoisotopic (exact) mass is 606 g/mol. The smallest absolute Gasteiger partial charge is 0.335 e. The Balaban J connectivity index is 0.00000288. The summed E-state index contributed by atoms with van der Waals surface area (Å²) in [5.41, 5.74) is 2.13. The first kappa shape index (κ1) is 27.4. The molecule has 0 radical (unpaired) electrons. The second-order valence-electron chi connectivity index (χ2n) is 11.6. The number of likely N-dealkylation sites (tertiary alicyclic amines) is 1. The molecule has 0 unspecified atom stereocenters. The van der Waals surface area contributed by atoms with Crippen LogP contribution >= 0.6 is 23.2 Å². The highest BCUT2D eigenvalue weighted by Crippen LogP contribution is 2.64. The van der Waals surface area contributed by atoms with E-state index in [0.29, 0.717) is 40.8 Å². The number of carbonyl (C=O) groups is 2. The van der Waals surface area contributed by atoms with Crippen LogP contribution in [0.2, 0.25) is 10.0 Å². The van der Waals surface area contributed by atoms with E-state index in [-0.39, 0.29) is 35.9 Å². The van der Waals surface area contributed by atoms with Gasteiger partial charge in [0, 0.05) is 47.2 Å². The number of amides is 1. The van der Waals surface area contributed by atoms with E-state index < -0.39 is 23.2 Å². The second kappa shape index (κ2) is 9.53. The van der Waals surface area contributed by atoms with E-state index >= 15 is 4.39 Å². The maximum absolute atomic E-state index is 16.1. The second-order valence-corrected chi connectivity index (χ2v) is 12.5. The Kier molecular flexibility index (Phi) is 6.21. The Morgan fingerprint density at radius 1 is 1.12 bits per heavy atom. The van der Waals surface area contributed by atoms with Gasteiger partial charge in [0.15, 0.2) is 0 Å². The average molecular weight is 608 g/mol. The number of nitrogens with zero attached hydrogens (tertiary/aromatic N) is 3. The number of rotatable bonds is 4. The number of carbonyl (C=O) groups excluding carboxylic acids is 1. The van der Waals surface area contributed by atoms with Gasteiger partial charge in [-0.15, -0.1) is 0 Å². The zero-order valence-electron chi connectivity index (χ0n) is 21.8. The molecule has 1 aliphatic carbocycles. The van der Waals surface area contributed by atoms with Crippen LogP contribution in [0.3, 0.4) is 0 Å². The van der Waals surface area contributed by atoms with Gasteiger partial charge in [-0.2, -0.15) is 0 Å². The minimum absolute atomic E-state index is 0. The fraction of sp³-hybridized carbons (Fsp3) is 0.344. The number of benzene rings is 3. The number of imidazole rings is 1. The molecular formula is C32H29Cl2FN4O3. The highest BCUT2D eigenvalue weighted by atomic mass is 35.5. The van der Waals surface area contributed by atoms with Gasteiger partial charge in [-0.3, -0.25) is 9.69 Å². The van der Waals surface area contributed by atoms with E-state index in [2.05, 4.69) is 14.8 Å². The first-order chi connectivity index (χ1) is 19.8. The van der Waals surface area contributed by atoms with Gasteiger partial charge in [-0.05, 0) is 67.1 Å². The number of nitrogens with one attached hydrogen (secondary N) is 1. The number of halogens is 3. The van der Waals surface area contributed by atoms with E-state index in [0.717, 1.165) is 36.2 Å². The van der Waals surface area contributed by atoms with Crippen LogP contribution in [0.1, 0.15) is 65.8 Å². The normalized spacial score (nSPS) is 26.1. The number of aryl methyl sites for hydroxylation is 1. The molecule has 42 heavy (non-hydrogen) atoms. The molecular weight excluding hydrogens is 578 g/mol. The molecule has 2 N–H and O–H groups in total. The first-order valence-electron chi connectivity index (χ1n) is 13.8. The number of aromatic carboxylic acids is 1. The fourth-order valence-corrected chi connectivity index (χ4v) is 8.08. The third-order valence-electron chi connectivity index (χ3n) is 9.50. The Morgan fingerprint density at radius 2 is 1.93 bits per heavy atom. The highest BCUT2D eigenvalue weighted by Gasteiger charge is 2.69. The lowest BCUT2D eigenvalue weighted by atomic mass is 9.70. The van der Waals surface area contributed by atoms with Crippen molar-refractivity contribution in [1.82, 2.24) is 14.5 Å². The lowest BCUT2D eigenvalue weighted by Crippen LogP contribution is -2.53. The summed E-state index contributed by atoms with van der Waals surface area (Å²) in [6, 6.07) is 15.3. The lowest BCUT2D eigenvalue weighted by molar-refractivity contribution is -0.128. The Bertz CT molecular complexity index is 1800. The molecule has 1 saturated heterocycles. The zero-order chi connectivity index (χ0) is 28.2. The van der Waals surface area contributed by atoms with E-state index in [1.807, 2.05) is 6.07 Å². The van der Waals surface area contributed by atoms with E-state index in [1.165, 1.54) is 6.07 Å². The van der Waals surface area contributed by atoms with Crippen molar-refractivity contribution >= 4 is 51.8 Å². The summed E-state index contributed by atoms with van der Waals surface area (Å²) in [4.78, 5) is 33.5. The summed E-state index contributed by atoms with van der Waals surface area (Å²) in [7, 11) is 0. The summed E-state index contributed by atoms with van der Waals surface area (Å²) in [6.07, 6.45) is 2.91. The molecule has 8 rings (SSSR count). The van der Waals surface area contributed by atoms with Crippen molar-refractivity contribution in [2.24, 2.45) is 5.92 Å². The Labute approximate surface area is 252 Å². The van der Waals surface area contributed by atoms with Gasteiger partial charge in [-0.1, -0.05) is 48.8 Å². The van der Waals surface area contributed by atoms with Crippen molar-refractivity contribution in [2.45, 2.75) is 56.7 Å². The summed E-state index contributed by atoms with van der Waals surface area (Å²) in [5, 5.41) is 13.2. The van der Waals surface area contributed by atoms with Crippen LogP contribution in [0.5, 0.6) is 0 Å². The topological polar surface area (TPSA) is 87.5 Å². The van der Waals surface area contributed by atoms with Crippen LogP contribution in [-0.4, -0.2) is 44.0 Å². The maximum Gasteiger partial charge on any atom is 0.335 e. The molecule has 216 valence electrons. The Morgan fingerprint density at radius 3 is 2.69 bits per heavy atom. The number of aromatic nitrogens is 2. The molecule has 4 aliphatic rings. The number of anilines is 1. The molecule has 10 heteroatoms. The zero-order valence-corrected chi connectivity index (χ0v) is 23.3. The van der Waals surface area contributed by atoms with Crippen molar-refractivity contribution in [2.75, 3.05) is 11.9 Å². The molecule has 4 atom stereocenters. The fourth-order valence-electron chi connectivity index (χ4n) is 7.73. The number of hydrogen-bond donors (Lipinski definition) is 2. The number of carboxylic acids is 1. The molecule has 1 spiro atoms. The van der Waals surface area contributed by atoms with Crippen LogP contribution in [0.4, 0.5) is 10.1 Å². The van der Waals surface area contributed by atoms with Gasteiger partial charge in [-0.25, -0.2) is 14.2 Å². The van der Waals surface area contributed by atoms with Crippen LogP contribution < -0.4 is 5.32 Å². The van der Waals surface area contributed by atoms with Crippen LogP contribution in [0, 0.1) is 11.7 Å². The van der Waals surface area contributed by atoms with Gasteiger partial charge in [0.1, 0.15) is 17.2 Å². The highest BCUT2D eigenvalue weighted by molar-refractivity contribution is 6.31. The standard InChI is InChI=1S/C31H25Cl2FN4O3.CH4/c32-17-7-8-19-21(13-17)36-30(41)31(19)26(18-2-1-3-20(33)27(18)34)25-24(38(31)14-15-4-5-15)10-11-37-23-9-6-16(29(39)40)12-22(23)35-28(25)37;/h1-3,6-9,12-13,15,24-26H,4-5,10-11,14H2,(H,36,41)(H,39,40);1H4/t24-,25+,26-,31+;/m1./s1. The van der Waals surface area contributed by atoms with Gasteiger partial charge >= 0.3 is 5.97 Å². The quantitative estimate of drug-likeness (QED) is 0.260. The average Bonchev–Trinajstić information content (AvgIpc) is 3.53. The van der Waals surface area contributed by atoms with Crippen LogP contribution in [0.15, 0.2) is 54.6 Å². The number of hydrogen-bond acceptors (Lipinski definition) is 4. The van der Waals surface area contributed by atoms with Gasteiger partial charge in [0.05, 0.1) is 21.6 Å². The van der Waals surface area contributed by atoms with Crippen molar-refractivity contribution in [3.63, 3.8) is 0 Å². The molecule has 3 aromatic carbocycles. The molecule has 1 amide bonds. The minimum Gasteiger partial charge on any atom is -0.478 e. The number of fused-ring (bicyclic) bond motifs is 7. The SMILES string of the molecule is C.O=C(O)c1ccc2c(c1)nc1n2CC[C@@H]2[C@H]1[C@@H](c1cccc(Cl)c1F)[C@@]1(C(=O)Nc3cc(Cl)ccc31)N2CC1CC1. The van der Waals surface area contributed by atoms with Crippen molar-refractivity contribution in [3.8, 4) is 0 Å². The Hall–Kier alpha value is -3.46.